The summed E-state index contributed by atoms with van der Waals surface area (Å²) in [6.07, 6.45) is 4.47. The van der Waals surface area contributed by atoms with E-state index >= 15 is 0 Å². The van der Waals surface area contributed by atoms with Crippen LogP contribution in [0.1, 0.15) is 59.7 Å². The summed E-state index contributed by atoms with van der Waals surface area (Å²) in [6, 6.07) is 16.4. The summed E-state index contributed by atoms with van der Waals surface area (Å²) in [5.41, 5.74) is 1.83. The predicted molar refractivity (Wildman–Crippen MR) is 109 cm³/mol. The first-order chi connectivity index (χ1) is 13.6. The van der Waals surface area contributed by atoms with Gasteiger partial charge in [-0.25, -0.2) is 0 Å². The van der Waals surface area contributed by atoms with Crippen LogP contribution in [0, 0.1) is 5.92 Å². The van der Waals surface area contributed by atoms with Gasteiger partial charge >= 0.3 is 0 Å². The van der Waals surface area contributed by atoms with Crippen LogP contribution in [-0.2, 0) is 4.79 Å². The second-order valence-corrected chi connectivity index (χ2v) is 7.27. The number of para-hydroxylation sites is 1. The van der Waals surface area contributed by atoms with Crippen molar-refractivity contribution in [1.29, 1.82) is 0 Å². The Morgan fingerprint density at radius 2 is 1.43 bits per heavy atom. The first-order valence-electron chi connectivity index (χ1n) is 9.89. The Labute approximate surface area is 165 Å². The van der Waals surface area contributed by atoms with Crippen molar-refractivity contribution in [2.24, 2.45) is 5.92 Å². The molecule has 28 heavy (non-hydrogen) atoms. The van der Waals surface area contributed by atoms with Gasteiger partial charge in [0.15, 0.2) is 0 Å². The van der Waals surface area contributed by atoms with Gasteiger partial charge in [0.2, 0.25) is 5.91 Å². The van der Waals surface area contributed by atoms with E-state index in [2.05, 4.69) is 5.32 Å². The van der Waals surface area contributed by atoms with E-state index in [0.29, 0.717) is 17.7 Å². The fraction of sp³-hybridized carbons (Fsp3) is 0.348. The second kappa shape index (κ2) is 9.31. The number of carbonyl (C=O) groups excluding carboxylic acids is 3. The lowest BCUT2D eigenvalue weighted by atomic mass is 10.0. The number of carbonyl (C=O) groups is 3. The molecule has 0 radical (unpaired) electrons. The fourth-order valence-electron chi connectivity index (χ4n) is 3.43. The quantitative estimate of drug-likeness (QED) is 0.516. The number of hydrogen-bond donors (Lipinski definition) is 1. The Morgan fingerprint density at radius 1 is 0.857 bits per heavy atom. The number of anilines is 1. The number of hydrogen-bond acceptors (Lipinski definition) is 3. The monoisotopic (exact) mass is 378 g/mol. The maximum Gasteiger partial charge on any atom is 0.261 e. The number of rotatable bonds is 9. The standard InChI is InChI=1S/C23H26N2O3/c1-17(21(26)24-18-12-6-4-7-13-18)11-5-2-3-10-16-25-22(27)19-14-8-9-15-20(19)23(25)28/h4,6-9,12-15,17H,2-3,5,10-11,16H2,1H3,(H,24,26)/t17-/m1/s1. The van der Waals surface area contributed by atoms with E-state index in [9.17, 15) is 14.4 Å². The van der Waals surface area contributed by atoms with E-state index in [1.807, 2.05) is 37.3 Å². The van der Waals surface area contributed by atoms with Crippen molar-refractivity contribution < 1.29 is 14.4 Å². The van der Waals surface area contributed by atoms with E-state index in [4.69, 9.17) is 0 Å². The number of unbranched alkanes of at least 4 members (excludes halogenated alkanes) is 3. The summed E-state index contributed by atoms with van der Waals surface area (Å²) in [4.78, 5) is 38.1. The van der Waals surface area contributed by atoms with Crippen molar-refractivity contribution >= 4 is 23.4 Å². The molecular formula is C23H26N2O3. The molecule has 0 saturated carbocycles. The number of fused-ring (bicyclic) bond motifs is 1. The highest BCUT2D eigenvalue weighted by molar-refractivity contribution is 6.21. The zero-order valence-corrected chi connectivity index (χ0v) is 16.2. The Hall–Kier alpha value is -2.95. The third-order valence-electron chi connectivity index (χ3n) is 5.14. The number of imide groups is 1. The summed E-state index contributed by atoms with van der Waals surface area (Å²) in [6.45, 7) is 2.40. The van der Waals surface area contributed by atoms with Gasteiger partial charge in [-0.3, -0.25) is 19.3 Å². The van der Waals surface area contributed by atoms with Crippen molar-refractivity contribution in [3.05, 3.63) is 65.7 Å². The molecule has 3 amide bonds. The molecule has 0 spiro atoms. The largest absolute Gasteiger partial charge is 0.326 e. The molecule has 1 aliphatic rings. The SMILES string of the molecule is C[C@H](CCCCCCN1C(=O)c2ccccc2C1=O)C(=O)Nc1ccccc1. The molecule has 1 atom stereocenters. The highest BCUT2D eigenvalue weighted by Crippen LogP contribution is 2.23. The number of amides is 3. The normalized spacial score (nSPS) is 14.1. The van der Waals surface area contributed by atoms with Gasteiger partial charge in [-0.15, -0.1) is 0 Å². The molecule has 0 fully saturated rings. The Kier molecular flexibility index (Phi) is 6.58. The summed E-state index contributed by atoms with van der Waals surface area (Å²) < 4.78 is 0. The molecule has 1 aliphatic heterocycles. The molecule has 0 bridgehead atoms. The second-order valence-electron chi connectivity index (χ2n) is 7.27. The van der Waals surface area contributed by atoms with E-state index in [1.54, 1.807) is 24.3 Å². The van der Waals surface area contributed by atoms with Gasteiger partial charge < -0.3 is 5.32 Å². The lowest BCUT2D eigenvalue weighted by molar-refractivity contribution is -0.119. The van der Waals surface area contributed by atoms with Crippen LogP contribution in [0.5, 0.6) is 0 Å². The van der Waals surface area contributed by atoms with Crippen molar-refractivity contribution in [2.45, 2.75) is 39.0 Å². The zero-order chi connectivity index (χ0) is 19.9. The van der Waals surface area contributed by atoms with E-state index in [1.165, 1.54) is 4.90 Å². The van der Waals surface area contributed by atoms with Gasteiger partial charge in [0.05, 0.1) is 11.1 Å². The Morgan fingerprint density at radius 3 is 2.07 bits per heavy atom. The molecule has 0 unspecified atom stereocenters. The molecule has 0 saturated heterocycles. The van der Waals surface area contributed by atoms with Crippen LogP contribution in [-0.4, -0.2) is 29.2 Å². The van der Waals surface area contributed by atoms with Gasteiger partial charge in [0, 0.05) is 18.2 Å². The van der Waals surface area contributed by atoms with Crippen LogP contribution in [0.25, 0.3) is 0 Å². The van der Waals surface area contributed by atoms with Crippen LogP contribution in [0.4, 0.5) is 5.69 Å². The Bertz CT molecular complexity index is 813. The smallest absolute Gasteiger partial charge is 0.261 e. The maximum atomic E-state index is 12.3. The summed E-state index contributed by atoms with van der Waals surface area (Å²) in [5.74, 6) is -0.382. The summed E-state index contributed by atoms with van der Waals surface area (Å²) >= 11 is 0. The third-order valence-corrected chi connectivity index (χ3v) is 5.14. The van der Waals surface area contributed by atoms with Gasteiger partial charge in [-0.05, 0) is 37.1 Å². The Balaban J connectivity index is 1.33. The lowest BCUT2D eigenvalue weighted by Crippen LogP contribution is -2.30. The van der Waals surface area contributed by atoms with Crippen LogP contribution < -0.4 is 5.32 Å². The molecule has 5 heteroatoms. The van der Waals surface area contributed by atoms with Crippen molar-refractivity contribution in [3.8, 4) is 0 Å². The number of nitrogens with one attached hydrogen (secondary N) is 1. The number of nitrogens with zero attached hydrogens (tertiary/aromatic N) is 1. The van der Waals surface area contributed by atoms with Crippen molar-refractivity contribution in [3.63, 3.8) is 0 Å². The highest BCUT2D eigenvalue weighted by Gasteiger charge is 2.34. The van der Waals surface area contributed by atoms with E-state index < -0.39 is 0 Å². The van der Waals surface area contributed by atoms with Crippen LogP contribution in [0.15, 0.2) is 54.6 Å². The minimum atomic E-state index is -0.188. The highest BCUT2D eigenvalue weighted by atomic mass is 16.2. The molecule has 5 nitrogen and oxygen atoms in total. The molecular weight excluding hydrogens is 352 g/mol. The minimum Gasteiger partial charge on any atom is -0.326 e. The maximum absolute atomic E-state index is 12.3. The van der Waals surface area contributed by atoms with E-state index in [0.717, 1.165) is 37.8 Å². The minimum absolute atomic E-state index is 0.0391. The van der Waals surface area contributed by atoms with Gasteiger partial charge in [0.25, 0.3) is 11.8 Å². The summed E-state index contributed by atoms with van der Waals surface area (Å²) in [5, 5.41) is 2.93. The third kappa shape index (κ3) is 4.66. The van der Waals surface area contributed by atoms with Crippen molar-refractivity contribution in [1.82, 2.24) is 4.90 Å². The first kappa shape index (κ1) is 19.8. The van der Waals surface area contributed by atoms with Gasteiger partial charge in [-0.1, -0.05) is 56.5 Å². The molecule has 0 aliphatic carbocycles. The molecule has 1 N–H and O–H groups in total. The molecule has 0 aromatic heterocycles. The van der Waals surface area contributed by atoms with Gasteiger partial charge in [-0.2, -0.15) is 0 Å². The first-order valence-corrected chi connectivity index (χ1v) is 9.89. The average Bonchev–Trinajstić information content (AvgIpc) is 2.96. The summed E-state index contributed by atoms with van der Waals surface area (Å²) in [7, 11) is 0. The average molecular weight is 378 g/mol. The van der Waals surface area contributed by atoms with E-state index in [-0.39, 0.29) is 23.6 Å². The molecule has 1 heterocycles. The molecule has 2 aromatic rings. The van der Waals surface area contributed by atoms with Gasteiger partial charge in [0.1, 0.15) is 0 Å². The molecule has 3 rings (SSSR count). The topological polar surface area (TPSA) is 66.5 Å². The molecule has 146 valence electrons. The van der Waals surface area contributed by atoms with Crippen LogP contribution in [0.3, 0.4) is 0 Å². The zero-order valence-electron chi connectivity index (χ0n) is 16.2. The number of benzene rings is 2. The fourth-order valence-corrected chi connectivity index (χ4v) is 3.43. The molecule has 2 aromatic carbocycles. The lowest BCUT2D eigenvalue weighted by Gasteiger charge is -2.14. The van der Waals surface area contributed by atoms with Crippen molar-refractivity contribution in [2.75, 3.05) is 11.9 Å². The predicted octanol–water partition coefficient (Wildman–Crippen LogP) is 4.51. The van der Waals surface area contributed by atoms with Crippen LogP contribution in [0.2, 0.25) is 0 Å². The van der Waals surface area contributed by atoms with Crippen LogP contribution >= 0.6 is 0 Å².